The first kappa shape index (κ1) is 23.0. The van der Waals surface area contributed by atoms with Gasteiger partial charge < -0.3 is 14.1 Å². The van der Waals surface area contributed by atoms with Crippen LogP contribution in [0.1, 0.15) is 29.4 Å². The Balaban J connectivity index is 1.36. The number of amides is 1. The number of furan rings is 1. The van der Waals surface area contributed by atoms with E-state index in [9.17, 15) is 9.18 Å². The van der Waals surface area contributed by atoms with Crippen molar-refractivity contribution in [3.63, 3.8) is 0 Å². The molecule has 5 rings (SSSR count). The minimum absolute atomic E-state index is 0.0298. The number of alkyl halides is 1. The average Bonchev–Trinajstić information content (AvgIpc) is 3.63. The minimum Gasteiger partial charge on any atom is -0.485 e. The zero-order valence-electron chi connectivity index (χ0n) is 19.4. The summed E-state index contributed by atoms with van der Waals surface area (Å²) >= 11 is 0. The number of hydrogen-bond donors (Lipinski definition) is 1. The van der Waals surface area contributed by atoms with E-state index in [2.05, 4.69) is 25.5 Å². The fraction of sp³-hybridized carbons (Fsp3) is 0.360. The molecule has 0 bridgehead atoms. The van der Waals surface area contributed by atoms with Gasteiger partial charge in [0.15, 0.2) is 6.61 Å². The maximum absolute atomic E-state index is 13.9. The number of fused-ring (bicyclic) bond motifs is 1. The van der Waals surface area contributed by atoms with E-state index in [-0.39, 0.29) is 25.0 Å². The number of rotatable bonds is 9. The van der Waals surface area contributed by atoms with E-state index in [4.69, 9.17) is 9.15 Å². The molecule has 1 saturated heterocycles. The fourth-order valence-corrected chi connectivity index (χ4v) is 4.52. The number of halogens is 1. The van der Waals surface area contributed by atoms with Crippen molar-refractivity contribution < 1.29 is 18.3 Å². The predicted octanol–water partition coefficient (Wildman–Crippen LogP) is 3.31. The number of hydrogen-bond acceptors (Lipinski definition) is 7. The Bertz CT molecular complexity index is 1280. The third-order valence-corrected chi connectivity index (χ3v) is 6.46. The Morgan fingerprint density at radius 2 is 2.20 bits per heavy atom. The van der Waals surface area contributed by atoms with E-state index in [0.29, 0.717) is 37.6 Å². The molecule has 0 radical (unpaired) electrons. The molecule has 1 amide bonds. The number of tetrazole rings is 1. The monoisotopic (exact) mass is 478 g/mol. The molecule has 0 unspecified atom stereocenters. The van der Waals surface area contributed by atoms with E-state index in [1.807, 2.05) is 42.5 Å². The highest BCUT2D eigenvalue weighted by Gasteiger charge is 2.29. The summed E-state index contributed by atoms with van der Waals surface area (Å²) < 4.78 is 25.1. The smallest absolute Gasteiger partial charge is 0.227 e. The van der Waals surface area contributed by atoms with Crippen LogP contribution in [0.4, 0.5) is 4.39 Å². The van der Waals surface area contributed by atoms with Crippen LogP contribution < -0.4 is 4.74 Å². The molecular formula is C25H27FN6O3. The molecule has 10 heteroatoms. The maximum Gasteiger partial charge on any atom is 0.227 e. The van der Waals surface area contributed by atoms with E-state index in [1.54, 1.807) is 24.5 Å². The highest BCUT2D eigenvalue weighted by Crippen LogP contribution is 2.28. The van der Waals surface area contributed by atoms with Crippen LogP contribution in [0, 0.1) is 0 Å². The van der Waals surface area contributed by atoms with Crippen LogP contribution in [0.15, 0.2) is 59.4 Å². The lowest BCUT2D eigenvalue weighted by Gasteiger charge is -2.32. The van der Waals surface area contributed by atoms with Gasteiger partial charge in [0.2, 0.25) is 11.7 Å². The third kappa shape index (κ3) is 5.32. The molecule has 1 aliphatic rings. The van der Waals surface area contributed by atoms with Gasteiger partial charge in [-0.1, -0.05) is 35.5 Å². The first-order valence-corrected chi connectivity index (χ1v) is 11.6. The Labute approximate surface area is 201 Å². The Morgan fingerprint density at radius 3 is 3.00 bits per heavy atom. The van der Waals surface area contributed by atoms with Crippen molar-refractivity contribution in [3.8, 4) is 5.75 Å². The van der Waals surface area contributed by atoms with Gasteiger partial charge in [-0.25, -0.2) is 4.39 Å². The lowest BCUT2D eigenvalue weighted by Crippen LogP contribution is -2.39. The summed E-state index contributed by atoms with van der Waals surface area (Å²) in [5, 5.41) is 15.6. The molecular weight excluding hydrogens is 451 g/mol. The maximum atomic E-state index is 13.9. The van der Waals surface area contributed by atoms with Crippen LogP contribution in [0.5, 0.6) is 5.75 Å². The van der Waals surface area contributed by atoms with Crippen LogP contribution in [-0.2, 0) is 17.8 Å². The number of H-pyrrole nitrogens is 1. The number of nitrogens with zero attached hydrogens (tertiary/aromatic N) is 5. The molecule has 0 spiro atoms. The van der Waals surface area contributed by atoms with Crippen molar-refractivity contribution >= 4 is 16.7 Å². The molecule has 3 heterocycles. The number of aromatic nitrogens is 4. The number of carbonyl (C=O) groups is 1. The van der Waals surface area contributed by atoms with Crippen LogP contribution in [-0.4, -0.2) is 69.2 Å². The topological polar surface area (TPSA) is 100 Å². The molecule has 1 fully saturated rings. The molecule has 2 aromatic heterocycles. The van der Waals surface area contributed by atoms with E-state index < -0.39 is 6.17 Å². The zero-order valence-corrected chi connectivity index (χ0v) is 19.4. The quantitative estimate of drug-likeness (QED) is 0.394. The van der Waals surface area contributed by atoms with Crippen molar-refractivity contribution in [2.75, 3.05) is 26.7 Å². The van der Waals surface area contributed by atoms with Crippen molar-refractivity contribution in [1.29, 1.82) is 0 Å². The van der Waals surface area contributed by atoms with Crippen molar-refractivity contribution in [1.82, 2.24) is 30.4 Å². The Morgan fingerprint density at radius 1 is 1.31 bits per heavy atom. The number of aromatic amines is 1. The lowest BCUT2D eigenvalue weighted by atomic mass is 10.0. The molecule has 0 saturated carbocycles. The van der Waals surface area contributed by atoms with E-state index in [1.165, 1.54) is 0 Å². The highest BCUT2D eigenvalue weighted by atomic mass is 19.1. The van der Waals surface area contributed by atoms with E-state index in [0.717, 1.165) is 21.9 Å². The first-order chi connectivity index (χ1) is 17.1. The normalized spacial score (nSPS) is 17.0. The Hall–Kier alpha value is -3.79. The molecule has 2 atom stereocenters. The molecule has 9 nitrogen and oxygen atoms in total. The van der Waals surface area contributed by atoms with Gasteiger partial charge in [-0.3, -0.25) is 9.69 Å². The van der Waals surface area contributed by atoms with Gasteiger partial charge in [-0.2, -0.15) is 5.21 Å². The van der Waals surface area contributed by atoms with Gasteiger partial charge in [0.25, 0.3) is 0 Å². The average molecular weight is 479 g/mol. The minimum atomic E-state index is -0.833. The SMILES string of the molecule is CN(C(=O)Cc1cccc2cocc12)[C@H](CN1CC[C@@H](F)C1)c1cccc(OCc2nn[nH]n2)c1. The summed E-state index contributed by atoms with van der Waals surface area (Å²) in [6.45, 7) is 1.75. The highest BCUT2D eigenvalue weighted by molar-refractivity contribution is 5.89. The zero-order chi connectivity index (χ0) is 24.2. The van der Waals surface area contributed by atoms with Crippen LogP contribution in [0.3, 0.4) is 0 Å². The second-order valence-corrected chi connectivity index (χ2v) is 8.82. The molecule has 1 aliphatic heterocycles. The standard InChI is InChI=1S/C25H27FN6O3/c1-31(25(33)11-17-4-2-6-19-14-34-15-22(17)19)23(13-32-9-8-20(26)12-32)18-5-3-7-21(10-18)35-16-24-27-29-30-28-24/h2-7,10,14-15,20,23H,8-9,11-13,16H2,1H3,(H,27,28,29,30)/t20-,23-/m1/s1. The summed E-state index contributed by atoms with van der Waals surface area (Å²) in [4.78, 5) is 17.3. The summed E-state index contributed by atoms with van der Waals surface area (Å²) in [5.41, 5.74) is 1.82. The largest absolute Gasteiger partial charge is 0.485 e. The summed E-state index contributed by atoms with van der Waals surface area (Å²) in [5.74, 6) is 1.04. The molecule has 0 aliphatic carbocycles. The van der Waals surface area contributed by atoms with Crippen molar-refractivity contribution in [2.45, 2.75) is 31.7 Å². The second kappa shape index (κ2) is 10.2. The predicted molar refractivity (Wildman–Crippen MR) is 126 cm³/mol. The number of likely N-dealkylation sites (N-methyl/N-ethyl adjacent to an activating group) is 1. The van der Waals surface area contributed by atoms with Gasteiger partial charge in [0.05, 0.1) is 25.0 Å². The first-order valence-electron chi connectivity index (χ1n) is 11.6. The third-order valence-electron chi connectivity index (χ3n) is 6.46. The number of ether oxygens (including phenoxy) is 1. The molecule has 4 aromatic rings. The van der Waals surface area contributed by atoms with Crippen LogP contribution in [0.25, 0.3) is 10.8 Å². The number of carbonyl (C=O) groups excluding carboxylic acids is 1. The number of nitrogens with one attached hydrogen (secondary N) is 1. The van der Waals surface area contributed by atoms with E-state index >= 15 is 0 Å². The molecule has 1 N–H and O–H groups in total. The van der Waals surface area contributed by atoms with Gasteiger partial charge in [0.1, 0.15) is 11.9 Å². The molecule has 182 valence electrons. The summed E-state index contributed by atoms with van der Waals surface area (Å²) in [6.07, 6.45) is 3.27. The van der Waals surface area contributed by atoms with Crippen molar-refractivity contribution in [2.24, 2.45) is 0 Å². The summed E-state index contributed by atoms with van der Waals surface area (Å²) in [7, 11) is 1.80. The van der Waals surface area contributed by atoms with Crippen molar-refractivity contribution in [3.05, 3.63) is 71.9 Å². The van der Waals surface area contributed by atoms with Crippen LogP contribution >= 0.6 is 0 Å². The van der Waals surface area contributed by atoms with Gasteiger partial charge >= 0.3 is 0 Å². The number of benzene rings is 2. The van der Waals surface area contributed by atoms with Crippen LogP contribution in [0.2, 0.25) is 0 Å². The molecule has 35 heavy (non-hydrogen) atoms. The number of likely N-dealkylation sites (tertiary alicyclic amines) is 1. The Kier molecular flexibility index (Phi) is 6.71. The van der Waals surface area contributed by atoms with Gasteiger partial charge in [0, 0.05) is 37.5 Å². The van der Waals surface area contributed by atoms with Gasteiger partial charge in [-0.15, -0.1) is 10.2 Å². The fourth-order valence-electron chi connectivity index (χ4n) is 4.52. The second-order valence-electron chi connectivity index (χ2n) is 8.82. The van der Waals surface area contributed by atoms with Gasteiger partial charge in [-0.05, 0) is 29.7 Å². The lowest BCUT2D eigenvalue weighted by molar-refractivity contribution is -0.131. The summed E-state index contributed by atoms with van der Waals surface area (Å²) in [6, 6.07) is 13.2. The molecule has 2 aromatic carbocycles.